The Hall–Kier alpha value is -0.770. The van der Waals surface area contributed by atoms with E-state index in [1.807, 2.05) is 6.92 Å². The maximum absolute atomic E-state index is 5.33. The third kappa shape index (κ3) is 12.3. The molecule has 0 rings (SSSR count). The highest BCUT2D eigenvalue weighted by Gasteiger charge is 2.05. The summed E-state index contributed by atoms with van der Waals surface area (Å²) < 4.78 is 5.33. The molecule has 0 bridgehead atoms. The zero-order valence-electron chi connectivity index (χ0n) is 14.2. The highest BCUT2D eigenvalue weighted by Crippen LogP contribution is 2.06. The van der Waals surface area contributed by atoms with E-state index in [1.165, 1.54) is 12.8 Å². The van der Waals surface area contributed by atoms with Crippen molar-refractivity contribution in [3.63, 3.8) is 0 Å². The van der Waals surface area contributed by atoms with Crippen molar-refractivity contribution in [2.75, 3.05) is 26.3 Å². The Morgan fingerprint density at radius 2 is 1.85 bits per heavy atom. The average molecular weight is 285 g/mol. The van der Waals surface area contributed by atoms with Crippen molar-refractivity contribution in [3.8, 4) is 0 Å². The molecule has 0 aliphatic heterocycles. The molecule has 1 atom stereocenters. The summed E-state index contributed by atoms with van der Waals surface area (Å²) in [4.78, 5) is 4.62. The van der Waals surface area contributed by atoms with Gasteiger partial charge in [0.25, 0.3) is 0 Å². The zero-order chi connectivity index (χ0) is 15.2. The lowest BCUT2D eigenvalue weighted by Crippen LogP contribution is -2.42. The number of guanidine groups is 1. The Morgan fingerprint density at radius 1 is 1.10 bits per heavy atom. The molecule has 0 radical (unpaired) electrons. The van der Waals surface area contributed by atoms with Gasteiger partial charge in [0, 0.05) is 32.3 Å². The average Bonchev–Trinajstić information content (AvgIpc) is 2.40. The Labute approximate surface area is 125 Å². The van der Waals surface area contributed by atoms with E-state index >= 15 is 0 Å². The van der Waals surface area contributed by atoms with Gasteiger partial charge in [-0.3, -0.25) is 4.99 Å². The van der Waals surface area contributed by atoms with Crippen LogP contribution in [0, 0.1) is 5.92 Å². The van der Waals surface area contributed by atoms with Crippen LogP contribution in [0.25, 0.3) is 0 Å². The fourth-order valence-corrected chi connectivity index (χ4v) is 1.86. The molecule has 0 aromatic heterocycles. The van der Waals surface area contributed by atoms with Gasteiger partial charge in [-0.1, -0.05) is 13.8 Å². The van der Waals surface area contributed by atoms with Gasteiger partial charge in [-0.2, -0.15) is 0 Å². The molecule has 0 heterocycles. The fourth-order valence-electron chi connectivity index (χ4n) is 1.86. The summed E-state index contributed by atoms with van der Waals surface area (Å²) in [5.41, 5.74) is 0. The Bertz CT molecular complexity index is 242. The smallest absolute Gasteiger partial charge is 0.191 e. The predicted molar refractivity (Wildman–Crippen MR) is 88.4 cm³/mol. The van der Waals surface area contributed by atoms with E-state index < -0.39 is 0 Å². The second-order valence-electron chi connectivity index (χ2n) is 5.68. The predicted octanol–water partition coefficient (Wildman–Crippen LogP) is 3.18. The van der Waals surface area contributed by atoms with Crippen molar-refractivity contribution in [2.45, 2.75) is 66.3 Å². The third-order valence-electron chi connectivity index (χ3n) is 3.08. The molecule has 0 aliphatic carbocycles. The number of hydrogen-bond acceptors (Lipinski definition) is 2. The van der Waals surface area contributed by atoms with E-state index in [2.05, 4.69) is 43.3 Å². The topological polar surface area (TPSA) is 45.7 Å². The third-order valence-corrected chi connectivity index (χ3v) is 3.08. The number of unbranched alkanes of at least 4 members (excludes halogenated alkanes) is 1. The van der Waals surface area contributed by atoms with Gasteiger partial charge in [0.1, 0.15) is 0 Å². The van der Waals surface area contributed by atoms with Gasteiger partial charge in [0.2, 0.25) is 0 Å². The first kappa shape index (κ1) is 19.2. The van der Waals surface area contributed by atoms with Crippen LogP contribution in [-0.4, -0.2) is 38.3 Å². The summed E-state index contributed by atoms with van der Waals surface area (Å²) in [7, 11) is 0. The molecule has 20 heavy (non-hydrogen) atoms. The van der Waals surface area contributed by atoms with E-state index in [9.17, 15) is 0 Å². The molecule has 0 aromatic rings. The largest absolute Gasteiger partial charge is 0.382 e. The number of rotatable bonds is 11. The minimum Gasteiger partial charge on any atom is -0.382 e. The standard InChI is InChI=1S/C16H35N3O/c1-6-17-16(18-12-8-9-13-20-7-2)19-15(5)11-10-14(3)4/h14-15H,6-13H2,1-5H3,(H2,17,18,19). The maximum atomic E-state index is 5.33. The number of nitrogens with one attached hydrogen (secondary N) is 2. The zero-order valence-corrected chi connectivity index (χ0v) is 14.2. The monoisotopic (exact) mass is 285 g/mol. The van der Waals surface area contributed by atoms with Crippen molar-refractivity contribution in [1.29, 1.82) is 0 Å². The van der Waals surface area contributed by atoms with E-state index in [0.717, 1.165) is 51.0 Å². The van der Waals surface area contributed by atoms with Crippen LogP contribution >= 0.6 is 0 Å². The van der Waals surface area contributed by atoms with Crippen LogP contribution in [0.5, 0.6) is 0 Å². The van der Waals surface area contributed by atoms with Crippen molar-refractivity contribution >= 4 is 5.96 Å². The molecule has 0 aliphatic rings. The van der Waals surface area contributed by atoms with Gasteiger partial charge in [-0.15, -0.1) is 0 Å². The molecule has 0 fully saturated rings. The van der Waals surface area contributed by atoms with Crippen LogP contribution in [-0.2, 0) is 4.74 Å². The number of hydrogen-bond donors (Lipinski definition) is 2. The first-order chi connectivity index (χ1) is 9.60. The van der Waals surface area contributed by atoms with Gasteiger partial charge >= 0.3 is 0 Å². The number of ether oxygens (including phenoxy) is 1. The molecule has 120 valence electrons. The molecular formula is C16H35N3O. The molecule has 0 saturated carbocycles. The van der Waals surface area contributed by atoms with Gasteiger partial charge < -0.3 is 15.4 Å². The SMILES string of the molecule is CCNC(=NCCCCOCC)NC(C)CCC(C)C. The first-order valence-electron chi connectivity index (χ1n) is 8.22. The van der Waals surface area contributed by atoms with Gasteiger partial charge in [-0.05, 0) is 52.4 Å². The molecule has 0 amide bonds. The summed E-state index contributed by atoms with van der Waals surface area (Å²) in [6.07, 6.45) is 4.60. The number of nitrogens with zero attached hydrogens (tertiary/aromatic N) is 1. The quantitative estimate of drug-likeness (QED) is 0.348. The molecule has 0 saturated heterocycles. The van der Waals surface area contributed by atoms with Crippen LogP contribution in [0.4, 0.5) is 0 Å². The minimum absolute atomic E-state index is 0.471. The van der Waals surface area contributed by atoms with E-state index in [-0.39, 0.29) is 0 Å². The molecular weight excluding hydrogens is 250 g/mol. The van der Waals surface area contributed by atoms with Crippen LogP contribution in [0.1, 0.15) is 60.3 Å². The molecule has 1 unspecified atom stereocenters. The molecule has 0 aromatic carbocycles. The summed E-state index contributed by atoms with van der Waals surface area (Å²) in [6.45, 7) is 14.3. The maximum Gasteiger partial charge on any atom is 0.191 e. The minimum atomic E-state index is 0.471. The molecule has 4 nitrogen and oxygen atoms in total. The van der Waals surface area contributed by atoms with Crippen LogP contribution in [0.3, 0.4) is 0 Å². The molecule has 4 heteroatoms. The first-order valence-corrected chi connectivity index (χ1v) is 8.22. The van der Waals surface area contributed by atoms with Crippen molar-refractivity contribution < 1.29 is 4.74 Å². The second kappa shape index (κ2) is 13.2. The summed E-state index contributed by atoms with van der Waals surface area (Å²) in [6, 6.07) is 0.471. The summed E-state index contributed by atoms with van der Waals surface area (Å²) in [5, 5.41) is 6.79. The van der Waals surface area contributed by atoms with E-state index in [4.69, 9.17) is 4.74 Å². The lowest BCUT2D eigenvalue weighted by atomic mass is 10.0. The van der Waals surface area contributed by atoms with Crippen molar-refractivity contribution in [3.05, 3.63) is 0 Å². The fraction of sp³-hybridized carbons (Fsp3) is 0.938. The lowest BCUT2D eigenvalue weighted by molar-refractivity contribution is 0.144. The van der Waals surface area contributed by atoms with E-state index in [0.29, 0.717) is 6.04 Å². The highest BCUT2D eigenvalue weighted by molar-refractivity contribution is 5.79. The second-order valence-corrected chi connectivity index (χ2v) is 5.68. The van der Waals surface area contributed by atoms with Gasteiger partial charge in [0.15, 0.2) is 5.96 Å². The summed E-state index contributed by atoms with van der Waals surface area (Å²) in [5.74, 6) is 1.71. The Morgan fingerprint density at radius 3 is 2.45 bits per heavy atom. The van der Waals surface area contributed by atoms with Crippen LogP contribution in [0.15, 0.2) is 4.99 Å². The van der Waals surface area contributed by atoms with Gasteiger partial charge in [0.05, 0.1) is 0 Å². The summed E-state index contributed by atoms with van der Waals surface area (Å²) >= 11 is 0. The Kier molecular flexibility index (Phi) is 12.7. The van der Waals surface area contributed by atoms with E-state index in [1.54, 1.807) is 0 Å². The van der Waals surface area contributed by atoms with Crippen molar-refractivity contribution in [2.24, 2.45) is 10.9 Å². The number of aliphatic imine (C=N–C) groups is 1. The lowest BCUT2D eigenvalue weighted by Gasteiger charge is -2.18. The highest BCUT2D eigenvalue weighted by atomic mass is 16.5. The van der Waals surface area contributed by atoms with Crippen LogP contribution < -0.4 is 10.6 Å². The normalized spacial score (nSPS) is 13.6. The van der Waals surface area contributed by atoms with Crippen molar-refractivity contribution in [1.82, 2.24) is 10.6 Å². The Balaban J connectivity index is 3.94. The molecule has 0 spiro atoms. The molecule has 2 N–H and O–H groups in total. The van der Waals surface area contributed by atoms with Gasteiger partial charge in [-0.25, -0.2) is 0 Å². The van der Waals surface area contributed by atoms with Crippen LogP contribution in [0.2, 0.25) is 0 Å².